The van der Waals surface area contributed by atoms with Crippen molar-refractivity contribution in [2.75, 3.05) is 7.05 Å². The van der Waals surface area contributed by atoms with Crippen LogP contribution < -0.4 is 10.6 Å². The number of halogens is 1. The Morgan fingerprint density at radius 3 is 2.23 bits per heavy atom. The average molecular weight is 207 g/mol. The lowest BCUT2D eigenvalue weighted by Crippen LogP contribution is -2.45. The summed E-state index contributed by atoms with van der Waals surface area (Å²) in [4.78, 5) is 32.4. The Hall–Kier alpha value is -1.40. The monoisotopic (exact) mass is 206 g/mol. The zero-order chi connectivity index (χ0) is 9.30. The van der Waals surface area contributed by atoms with Crippen LogP contribution >= 0.6 is 11.6 Å². The van der Waals surface area contributed by atoms with Gasteiger partial charge in [0.15, 0.2) is 0 Å². The standard InChI is InChI=1S/C6H5ClN2O3.H2O/c1-8-3-2(7)4(10)6(12)9-5(3)11;/h8H,1H3,(H,9,11,12);1H2. The molecule has 0 spiro atoms. The number of carbonyl (C=O) groups excluding carboxylic acids is 3. The molecule has 0 radical (unpaired) electrons. The molecule has 0 bridgehead atoms. The highest BCUT2D eigenvalue weighted by atomic mass is 35.5. The lowest BCUT2D eigenvalue weighted by molar-refractivity contribution is -0.139. The quantitative estimate of drug-likeness (QED) is 0.384. The minimum Gasteiger partial charge on any atom is -0.412 e. The molecular weight excluding hydrogens is 200 g/mol. The van der Waals surface area contributed by atoms with Crippen molar-refractivity contribution in [3.63, 3.8) is 0 Å². The number of carbonyl (C=O) groups is 3. The fraction of sp³-hybridized carbons (Fsp3) is 0.167. The normalized spacial score (nSPS) is 16.6. The van der Waals surface area contributed by atoms with Crippen LogP contribution in [0.2, 0.25) is 0 Å². The van der Waals surface area contributed by atoms with Gasteiger partial charge < -0.3 is 10.8 Å². The Bertz CT molecular complexity index is 310. The fourth-order valence-corrected chi connectivity index (χ4v) is 1.02. The van der Waals surface area contributed by atoms with E-state index in [-0.39, 0.29) is 16.2 Å². The molecule has 0 saturated carbocycles. The summed E-state index contributed by atoms with van der Waals surface area (Å²) in [6.45, 7) is 0. The van der Waals surface area contributed by atoms with Crippen molar-refractivity contribution < 1.29 is 19.9 Å². The minimum absolute atomic E-state index is 0. The Labute approximate surface area is 78.2 Å². The lowest BCUT2D eigenvalue weighted by Gasteiger charge is -2.13. The first-order valence-corrected chi connectivity index (χ1v) is 3.43. The number of Topliss-reactive ketones (excluding diaryl/α,β-unsaturated/α-hetero) is 1. The Morgan fingerprint density at radius 1 is 1.23 bits per heavy atom. The van der Waals surface area contributed by atoms with E-state index in [2.05, 4.69) is 5.32 Å². The molecule has 1 rings (SSSR count). The second kappa shape index (κ2) is 4.01. The molecule has 0 unspecified atom stereocenters. The predicted octanol–water partition coefficient (Wildman–Crippen LogP) is -1.94. The molecule has 13 heavy (non-hydrogen) atoms. The number of imide groups is 1. The van der Waals surface area contributed by atoms with Crippen molar-refractivity contribution in [3.05, 3.63) is 10.7 Å². The molecule has 0 aliphatic carbocycles. The van der Waals surface area contributed by atoms with Gasteiger partial charge in [0, 0.05) is 7.05 Å². The fourth-order valence-electron chi connectivity index (χ4n) is 0.759. The van der Waals surface area contributed by atoms with Crippen molar-refractivity contribution >= 4 is 29.2 Å². The van der Waals surface area contributed by atoms with Crippen LogP contribution in [-0.2, 0) is 14.4 Å². The number of hydrogen-bond donors (Lipinski definition) is 2. The Kier molecular flexibility index (Phi) is 3.58. The van der Waals surface area contributed by atoms with Crippen molar-refractivity contribution in [1.29, 1.82) is 0 Å². The maximum absolute atomic E-state index is 10.9. The number of nitrogens with one attached hydrogen (secondary N) is 2. The number of likely N-dealkylation sites (N-methyl/N-ethyl adjacent to an activating group) is 1. The second-order valence-electron chi connectivity index (χ2n) is 2.05. The van der Waals surface area contributed by atoms with E-state index >= 15 is 0 Å². The van der Waals surface area contributed by atoms with Crippen LogP contribution in [0.5, 0.6) is 0 Å². The van der Waals surface area contributed by atoms with Crippen LogP contribution in [0, 0.1) is 0 Å². The molecule has 0 aromatic heterocycles. The number of amides is 2. The van der Waals surface area contributed by atoms with Gasteiger partial charge in [-0.25, -0.2) is 0 Å². The molecule has 6 nitrogen and oxygen atoms in total. The number of ketones is 1. The van der Waals surface area contributed by atoms with Crippen LogP contribution in [0.3, 0.4) is 0 Å². The average Bonchev–Trinajstić information content (AvgIpc) is 2.01. The zero-order valence-electron chi connectivity index (χ0n) is 6.60. The summed E-state index contributed by atoms with van der Waals surface area (Å²) in [6, 6.07) is 0. The van der Waals surface area contributed by atoms with Gasteiger partial charge in [0.2, 0.25) is 0 Å². The molecule has 0 saturated heterocycles. The van der Waals surface area contributed by atoms with Crippen molar-refractivity contribution in [2.45, 2.75) is 0 Å². The third-order valence-corrected chi connectivity index (χ3v) is 1.69. The summed E-state index contributed by atoms with van der Waals surface area (Å²) in [5.41, 5.74) is -0.0822. The first kappa shape index (κ1) is 11.6. The number of hydrogen-bond acceptors (Lipinski definition) is 4. The third-order valence-electron chi connectivity index (χ3n) is 1.33. The molecule has 1 aliphatic heterocycles. The molecule has 0 aromatic rings. The van der Waals surface area contributed by atoms with Crippen LogP contribution in [0.1, 0.15) is 0 Å². The molecular formula is C6H7ClN2O4. The molecule has 2 amide bonds. The summed E-state index contributed by atoms with van der Waals surface area (Å²) in [6.07, 6.45) is 0. The van der Waals surface area contributed by atoms with Crippen molar-refractivity contribution in [1.82, 2.24) is 10.6 Å². The maximum Gasteiger partial charge on any atom is 0.300 e. The van der Waals surface area contributed by atoms with Gasteiger partial charge >= 0.3 is 0 Å². The minimum atomic E-state index is -0.996. The summed E-state index contributed by atoms with van der Waals surface area (Å²) >= 11 is 5.41. The van der Waals surface area contributed by atoms with Gasteiger partial charge in [0.25, 0.3) is 17.6 Å². The van der Waals surface area contributed by atoms with E-state index in [9.17, 15) is 14.4 Å². The zero-order valence-corrected chi connectivity index (χ0v) is 7.36. The third kappa shape index (κ3) is 1.85. The van der Waals surface area contributed by atoms with Crippen molar-refractivity contribution in [2.24, 2.45) is 0 Å². The van der Waals surface area contributed by atoms with Gasteiger partial charge in [-0.15, -0.1) is 0 Å². The van der Waals surface area contributed by atoms with Crippen LogP contribution in [-0.4, -0.2) is 30.1 Å². The maximum atomic E-state index is 10.9. The highest BCUT2D eigenvalue weighted by molar-refractivity contribution is 6.61. The van der Waals surface area contributed by atoms with Gasteiger partial charge in [0.05, 0.1) is 0 Å². The second-order valence-corrected chi connectivity index (χ2v) is 2.43. The predicted molar refractivity (Wildman–Crippen MR) is 43.7 cm³/mol. The Balaban J connectivity index is 0.00000144. The first-order valence-electron chi connectivity index (χ1n) is 3.05. The van der Waals surface area contributed by atoms with E-state index in [1.165, 1.54) is 7.05 Å². The summed E-state index contributed by atoms with van der Waals surface area (Å²) in [5, 5.41) is 3.88. The largest absolute Gasteiger partial charge is 0.412 e. The molecule has 7 heteroatoms. The number of rotatable bonds is 1. The molecule has 0 aromatic carbocycles. The summed E-state index contributed by atoms with van der Waals surface area (Å²) in [5.74, 6) is -2.59. The van der Waals surface area contributed by atoms with E-state index in [1.54, 1.807) is 0 Å². The Morgan fingerprint density at radius 2 is 1.77 bits per heavy atom. The molecule has 0 atom stereocenters. The smallest absolute Gasteiger partial charge is 0.300 e. The first-order chi connectivity index (χ1) is 5.57. The SMILES string of the molecule is CNC1=C(Cl)C(=O)C(=O)NC1=O.O. The summed E-state index contributed by atoms with van der Waals surface area (Å²) < 4.78 is 0. The highest BCUT2D eigenvalue weighted by Crippen LogP contribution is 2.12. The molecule has 1 aliphatic rings. The molecule has 72 valence electrons. The van der Waals surface area contributed by atoms with Crippen molar-refractivity contribution in [3.8, 4) is 0 Å². The van der Waals surface area contributed by atoms with Crippen LogP contribution in [0.15, 0.2) is 10.7 Å². The van der Waals surface area contributed by atoms with E-state index in [4.69, 9.17) is 11.6 Å². The van der Waals surface area contributed by atoms with Gasteiger partial charge in [0.1, 0.15) is 10.7 Å². The van der Waals surface area contributed by atoms with E-state index in [0.29, 0.717) is 0 Å². The molecule has 4 N–H and O–H groups in total. The molecule has 0 fully saturated rings. The highest BCUT2D eigenvalue weighted by Gasteiger charge is 2.31. The van der Waals surface area contributed by atoms with Crippen LogP contribution in [0.25, 0.3) is 0 Å². The lowest BCUT2D eigenvalue weighted by atomic mass is 10.2. The molecule has 1 heterocycles. The van der Waals surface area contributed by atoms with E-state index in [0.717, 1.165) is 0 Å². The van der Waals surface area contributed by atoms with E-state index < -0.39 is 17.6 Å². The van der Waals surface area contributed by atoms with Gasteiger partial charge in [-0.2, -0.15) is 0 Å². The van der Waals surface area contributed by atoms with Gasteiger partial charge in [-0.05, 0) is 0 Å². The topological polar surface area (TPSA) is 107 Å². The summed E-state index contributed by atoms with van der Waals surface area (Å²) in [7, 11) is 1.43. The van der Waals surface area contributed by atoms with Gasteiger partial charge in [-0.1, -0.05) is 11.6 Å². The van der Waals surface area contributed by atoms with Gasteiger partial charge in [-0.3, -0.25) is 19.7 Å². The van der Waals surface area contributed by atoms with E-state index in [1.807, 2.05) is 5.32 Å². The van der Waals surface area contributed by atoms with Crippen LogP contribution in [0.4, 0.5) is 0 Å².